The van der Waals surface area contributed by atoms with E-state index >= 15 is 0 Å². The topological polar surface area (TPSA) is 15.3 Å². The minimum atomic E-state index is 0.577. The highest BCUT2D eigenvalue weighted by atomic mass is 32.1. The van der Waals surface area contributed by atoms with Gasteiger partial charge >= 0.3 is 0 Å². The van der Waals surface area contributed by atoms with Crippen LogP contribution >= 0.6 is 11.3 Å². The van der Waals surface area contributed by atoms with Crippen LogP contribution in [0.15, 0.2) is 12.1 Å². The Morgan fingerprint density at radius 1 is 1.35 bits per heavy atom. The van der Waals surface area contributed by atoms with Crippen molar-refractivity contribution in [3.8, 4) is 0 Å². The highest BCUT2D eigenvalue weighted by Gasteiger charge is 2.27. The fraction of sp³-hybridized carbons (Fsp3) is 0.714. The third-order valence-electron chi connectivity index (χ3n) is 3.51. The van der Waals surface area contributed by atoms with Gasteiger partial charge in [-0.15, -0.1) is 11.3 Å². The van der Waals surface area contributed by atoms with Crippen LogP contribution in [0.1, 0.15) is 43.0 Å². The quantitative estimate of drug-likeness (QED) is 0.885. The maximum absolute atomic E-state index is 3.64. The fourth-order valence-electron chi connectivity index (χ4n) is 2.60. The van der Waals surface area contributed by atoms with E-state index in [0.717, 1.165) is 0 Å². The zero-order valence-electron chi connectivity index (χ0n) is 11.4. The second-order valence-corrected chi connectivity index (χ2v) is 6.75. The van der Waals surface area contributed by atoms with Crippen LogP contribution in [0.2, 0.25) is 0 Å². The van der Waals surface area contributed by atoms with Crippen LogP contribution in [-0.2, 0) is 0 Å². The number of hydrogen-bond acceptors (Lipinski definition) is 3. The molecule has 1 aromatic rings. The second-order valence-electron chi connectivity index (χ2n) is 5.43. The lowest BCUT2D eigenvalue weighted by atomic mass is 10.2. The lowest BCUT2D eigenvalue weighted by Gasteiger charge is -2.24. The summed E-state index contributed by atoms with van der Waals surface area (Å²) in [6.07, 6.45) is 1.28. The third kappa shape index (κ3) is 3.30. The van der Waals surface area contributed by atoms with Gasteiger partial charge in [0.25, 0.3) is 0 Å². The summed E-state index contributed by atoms with van der Waals surface area (Å²) in [5, 5.41) is 3.64. The number of rotatable bonds is 4. The molecule has 1 saturated heterocycles. The summed E-state index contributed by atoms with van der Waals surface area (Å²) < 4.78 is 0. The Balaban J connectivity index is 1.92. The SMILES string of the molecule is Cc1ccc(C(C)N2CCC(NC(C)C)C2)s1. The second kappa shape index (κ2) is 5.51. The van der Waals surface area contributed by atoms with Gasteiger partial charge in [0.2, 0.25) is 0 Å². The number of hydrogen-bond donors (Lipinski definition) is 1. The molecule has 2 rings (SSSR count). The summed E-state index contributed by atoms with van der Waals surface area (Å²) in [6, 6.07) is 6.37. The summed E-state index contributed by atoms with van der Waals surface area (Å²) in [6.45, 7) is 11.4. The van der Waals surface area contributed by atoms with Crippen molar-refractivity contribution in [2.45, 2.75) is 52.2 Å². The first-order chi connectivity index (χ1) is 8.06. The molecule has 3 heteroatoms. The maximum Gasteiger partial charge on any atom is 0.0414 e. The number of likely N-dealkylation sites (tertiary alicyclic amines) is 1. The molecule has 17 heavy (non-hydrogen) atoms. The first kappa shape index (κ1) is 13.1. The average Bonchev–Trinajstić information content (AvgIpc) is 2.85. The van der Waals surface area contributed by atoms with E-state index in [9.17, 15) is 0 Å². The van der Waals surface area contributed by atoms with Gasteiger partial charge < -0.3 is 5.32 Å². The van der Waals surface area contributed by atoms with Crippen LogP contribution in [0.3, 0.4) is 0 Å². The van der Waals surface area contributed by atoms with Crippen LogP contribution in [0.4, 0.5) is 0 Å². The Morgan fingerprint density at radius 3 is 2.71 bits per heavy atom. The molecule has 0 saturated carbocycles. The van der Waals surface area contributed by atoms with E-state index in [0.29, 0.717) is 18.1 Å². The van der Waals surface area contributed by atoms with Crippen molar-refractivity contribution in [1.82, 2.24) is 10.2 Å². The van der Waals surface area contributed by atoms with E-state index in [1.165, 1.54) is 29.3 Å². The van der Waals surface area contributed by atoms with Gasteiger partial charge in [-0.05, 0) is 32.4 Å². The molecule has 1 aromatic heterocycles. The first-order valence-electron chi connectivity index (χ1n) is 6.62. The molecule has 2 unspecified atom stereocenters. The largest absolute Gasteiger partial charge is 0.310 e. The lowest BCUT2D eigenvalue weighted by molar-refractivity contribution is 0.257. The Hall–Kier alpha value is -0.380. The highest BCUT2D eigenvalue weighted by molar-refractivity contribution is 7.12. The molecule has 0 aromatic carbocycles. The summed E-state index contributed by atoms with van der Waals surface area (Å²) in [5.74, 6) is 0. The van der Waals surface area contributed by atoms with E-state index < -0.39 is 0 Å². The molecular weight excluding hydrogens is 228 g/mol. The molecule has 1 aliphatic rings. The standard InChI is InChI=1S/C14H24N2S/c1-10(2)15-13-7-8-16(9-13)12(4)14-6-5-11(3)17-14/h5-6,10,12-13,15H,7-9H2,1-4H3. The first-order valence-corrected chi connectivity index (χ1v) is 7.44. The summed E-state index contributed by atoms with van der Waals surface area (Å²) in [4.78, 5) is 5.53. The summed E-state index contributed by atoms with van der Waals surface area (Å²) in [7, 11) is 0. The number of aryl methyl sites for hydroxylation is 1. The van der Waals surface area contributed by atoms with Crippen molar-refractivity contribution >= 4 is 11.3 Å². The Labute approximate surface area is 109 Å². The monoisotopic (exact) mass is 252 g/mol. The van der Waals surface area contributed by atoms with Gasteiger partial charge in [-0.25, -0.2) is 0 Å². The van der Waals surface area contributed by atoms with Gasteiger partial charge in [-0.2, -0.15) is 0 Å². The van der Waals surface area contributed by atoms with Gasteiger partial charge in [-0.3, -0.25) is 4.90 Å². The Kier molecular flexibility index (Phi) is 4.23. The van der Waals surface area contributed by atoms with Crippen molar-refractivity contribution in [2.75, 3.05) is 13.1 Å². The van der Waals surface area contributed by atoms with Crippen molar-refractivity contribution < 1.29 is 0 Å². The number of nitrogens with one attached hydrogen (secondary N) is 1. The van der Waals surface area contributed by atoms with Crippen molar-refractivity contribution in [2.24, 2.45) is 0 Å². The predicted molar refractivity (Wildman–Crippen MR) is 75.7 cm³/mol. The van der Waals surface area contributed by atoms with E-state index in [4.69, 9.17) is 0 Å². The van der Waals surface area contributed by atoms with Crippen molar-refractivity contribution in [3.05, 3.63) is 21.9 Å². The molecule has 96 valence electrons. The van der Waals surface area contributed by atoms with Crippen molar-refractivity contribution in [3.63, 3.8) is 0 Å². The number of nitrogens with zero attached hydrogens (tertiary/aromatic N) is 1. The van der Waals surface area contributed by atoms with Gasteiger partial charge in [0.15, 0.2) is 0 Å². The van der Waals surface area contributed by atoms with E-state index in [1.54, 1.807) is 0 Å². The summed E-state index contributed by atoms with van der Waals surface area (Å²) >= 11 is 1.94. The molecule has 2 nitrogen and oxygen atoms in total. The van der Waals surface area contributed by atoms with Crippen LogP contribution in [0.25, 0.3) is 0 Å². The van der Waals surface area contributed by atoms with Gasteiger partial charge in [0.1, 0.15) is 0 Å². The van der Waals surface area contributed by atoms with Gasteiger partial charge in [-0.1, -0.05) is 13.8 Å². The molecule has 2 atom stereocenters. The molecule has 0 amide bonds. The lowest BCUT2D eigenvalue weighted by Crippen LogP contribution is -2.37. The van der Waals surface area contributed by atoms with Crippen LogP contribution in [0, 0.1) is 6.92 Å². The molecule has 1 aliphatic heterocycles. The van der Waals surface area contributed by atoms with E-state index in [-0.39, 0.29) is 0 Å². The van der Waals surface area contributed by atoms with E-state index in [1.807, 2.05) is 11.3 Å². The van der Waals surface area contributed by atoms with E-state index in [2.05, 4.69) is 50.0 Å². The molecule has 0 aliphatic carbocycles. The normalized spacial score (nSPS) is 23.5. The fourth-order valence-corrected chi connectivity index (χ4v) is 3.57. The van der Waals surface area contributed by atoms with Crippen molar-refractivity contribution in [1.29, 1.82) is 0 Å². The zero-order chi connectivity index (χ0) is 12.4. The molecule has 0 radical (unpaired) electrons. The molecule has 0 spiro atoms. The third-order valence-corrected chi connectivity index (χ3v) is 4.68. The number of thiophene rings is 1. The molecule has 2 heterocycles. The van der Waals surface area contributed by atoms with Gasteiger partial charge in [0, 0.05) is 41.0 Å². The minimum Gasteiger partial charge on any atom is -0.310 e. The predicted octanol–water partition coefficient (Wildman–Crippen LogP) is 3.19. The van der Waals surface area contributed by atoms with Crippen LogP contribution in [-0.4, -0.2) is 30.1 Å². The minimum absolute atomic E-state index is 0.577. The van der Waals surface area contributed by atoms with Crippen LogP contribution < -0.4 is 5.32 Å². The summed E-state index contributed by atoms with van der Waals surface area (Å²) in [5.41, 5.74) is 0. The zero-order valence-corrected chi connectivity index (χ0v) is 12.2. The molecule has 0 bridgehead atoms. The average molecular weight is 252 g/mol. The Bertz CT molecular complexity index is 359. The maximum atomic E-state index is 3.64. The molecule has 1 N–H and O–H groups in total. The highest BCUT2D eigenvalue weighted by Crippen LogP contribution is 2.29. The molecular formula is C14H24N2S. The molecule has 1 fully saturated rings. The van der Waals surface area contributed by atoms with Crippen LogP contribution in [0.5, 0.6) is 0 Å². The van der Waals surface area contributed by atoms with Gasteiger partial charge in [0.05, 0.1) is 0 Å². The smallest absolute Gasteiger partial charge is 0.0414 e. The Morgan fingerprint density at radius 2 is 2.12 bits per heavy atom.